The Hall–Kier alpha value is -1.08. The molecule has 1 heterocycles. The molecule has 0 amide bonds. The molecule has 0 saturated heterocycles. The summed E-state index contributed by atoms with van der Waals surface area (Å²) in [6.45, 7) is 3.03. The first-order chi connectivity index (χ1) is 14.2. The lowest BCUT2D eigenvalue weighted by Crippen LogP contribution is -2.24. The lowest BCUT2D eigenvalue weighted by atomic mass is 9.91. The van der Waals surface area contributed by atoms with Crippen molar-refractivity contribution in [1.29, 1.82) is 0 Å². The molecule has 156 valence electrons. The molecule has 3 aromatic rings. The van der Waals surface area contributed by atoms with Crippen LogP contribution in [0, 0.1) is 0 Å². The molecule has 1 aromatic heterocycles. The smallest absolute Gasteiger partial charge is 0.120 e. The van der Waals surface area contributed by atoms with Gasteiger partial charge < -0.3 is 9.64 Å². The molecule has 0 aliphatic rings. The Labute approximate surface area is 191 Å². The summed E-state index contributed by atoms with van der Waals surface area (Å²) in [6.07, 6.45) is 7.45. The number of nitrogens with zero attached hydrogens (tertiary/aromatic N) is 2. The molecule has 0 fully saturated rings. The Bertz CT molecular complexity index is 869. The van der Waals surface area contributed by atoms with Crippen molar-refractivity contribution in [2.24, 2.45) is 0 Å². The first-order valence-electron chi connectivity index (χ1n) is 10.1. The van der Waals surface area contributed by atoms with Gasteiger partial charge in [0.2, 0.25) is 0 Å². The fourth-order valence-corrected chi connectivity index (χ4v) is 4.83. The molecule has 0 aliphatic carbocycles. The van der Waals surface area contributed by atoms with Crippen molar-refractivity contribution in [3.8, 4) is 5.75 Å². The van der Waals surface area contributed by atoms with E-state index in [9.17, 15) is 0 Å². The predicted octanol–water partition coefficient (Wildman–Crippen LogP) is 6.69. The standard InChI is InChI=1S/C23H29BrN2OS2/c1-26(13-15-28-2)12-11-18(19-5-8-21(24)9-6-19)4-3-14-27-22-10-7-20-17-25-29-23(20)16-22/h5-10,16-18H,3-4,11-15H2,1-2H3. The molecule has 0 bridgehead atoms. The van der Waals surface area contributed by atoms with Crippen LogP contribution in [0.4, 0.5) is 0 Å². The third kappa shape index (κ3) is 7.28. The van der Waals surface area contributed by atoms with Gasteiger partial charge in [0, 0.05) is 28.4 Å². The first-order valence-corrected chi connectivity index (χ1v) is 13.0. The van der Waals surface area contributed by atoms with Crippen LogP contribution < -0.4 is 4.74 Å². The van der Waals surface area contributed by atoms with Crippen molar-refractivity contribution in [3.05, 3.63) is 58.7 Å². The maximum atomic E-state index is 6.03. The largest absolute Gasteiger partial charge is 0.494 e. The van der Waals surface area contributed by atoms with E-state index in [1.54, 1.807) is 0 Å². The Balaban J connectivity index is 1.52. The third-order valence-corrected chi connectivity index (χ3v) is 7.05. The minimum atomic E-state index is 0.562. The number of hydrogen-bond acceptors (Lipinski definition) is 5. The van der Waals surface area contributed by atoms with Crippen LogP contribution in [0.5, 0.6) is 5.75 Å². The molecule has 3 nitrogen and oxygen atoms in total. The van der Waals surface area contributed by atoms with Crippen LogP contribution in [0.3, 0.4) is 0 Å². The minimum Gasteiger partial charge on any atom is -0.494 e. The zero-order chi connectivity index (χ0) is 20.5. The van der Waals surface area contributed by atoms with Crippen LogP contribution in [0.2, 0.25) is 0 Å². The summed E-state index contributed by atoms with van der Waals surface area (Å²) in [7, 11) is 2.23. The van der Waals surface area contributed by atoms with Crippen molar-refractivity contribution in [2.45, 2.75) is 25.2 Å². The topological polar surface area (TPSA) is 25.4 Å². The van der Waals surface area contributed by atoms with Crippen molar-refractivity contribution in [1.82, 2.24) is 9.27 Å². The third-order valence-electron chi connectivity index (χ3n) is 5.17. The van der Waals surface area contributed by atoms with E-state index in [1.807, 2.05) is 24.0 Å². The highest BCUT2D eigenvalue weighted by atomic mass is 79.9. The SMILES string of the molecule is CSCCN(C)CCC(CCCOc1ccc2cnsc2c1)c1ccc(Br)cc1. The highest BCUT2D eigenvalue weighted by Crippen LogP contribution is 2.28. The zero-order valence-electron chi connectivity index (χ0n) is 17.1. The number of ether oxygens (including phenoxy) is 1. The summed E-state index contributed by atoms with van der Waals surface area (Å²) < 4.78 is 12.6. The molecular weight excluding hydrogens is 464 g/mol. The van der Waals surface area contributed by atoms with E-state index in [1.165, 1.54) is 39.4 Å². The van der Waals surface area contributed by atoms with Crippen LogP contribution in [0.1, 0.15) is 30.7 Å². The van der Waals surface area contributed by atoms with E-state index in [0.29, 0.717) is 5.92 Å². The summed E-state index contributed by atoms with van der Waals surface area (Å²) in [5.41, 5.74) is 1.43. The second-order valence-corrected chi connectivity index (χ2v) is 10.1. The second-order valence-electron chi connectivity index (χ2n) is 7.35. The van der Waals surface area contributed by atoms with E-state index in [0.717, 1.165) is 42.8 Å². The molecule has 0 saturated carbocycles. The molecule has 29 heavy (non-hydrogen) atoms. The lowest BCUT2D eigenvalue weighted by molar-refractivity contribution is 0.291. The molecule has 1 unspecified atom stereocenters. The maximum absolute atomic E-state index is 6.03. The average molecular weight is 494 g/mol. The Kier molecular flexibility index (Phi) is 9.31. The number of fused-ring (bicyclic) bond motifs is 1. The summed E-state index contributed by atoms with van der Waals surface area (Å²) in [4.78, 5) is 2.45. The monoisotopic (exact) mass is 492 g/mol. The molecule has 3 rings (SSSR count). The van der Waals surface area contributed by atoms with Crippen molar-refractivity contribution < 1.29 is 4.74 Å². The van der Waals surface area contributed by atoms with Gasteiger partial charge in [-0.1, -0.05) is 28.1 Å². The molecule has 0 radical (unpaired) electrons. The molecule has 0 aliphatic heterocycles. The number of aromatic nitrogens is 1. The maximum Gasteiger partial charge on any atom is 0.120 e. The number of thioether (sulfide) groups is 1. The van der Waals surface area contributed by atoms with Crippen molar-refractivity contribution in [2.75, 3.05) is 38.8 Å². The van der Waals surface area contributed by atoms with E-state index in [4.69, 9.17) is 4.74 Å². The van der Waals surface area contributed by atoms with Gasteiger partial charge in [-0.3, -0.25) is 0 Å². The summed E-state index contributed by atoms with van der Waals surface area (Å²) >= 11 is 6.99. The predicted molar refractivity (Wildman–Crippen MR) is 132 cm³/mol. The van der Waals surface area contributed by atoms with Crippen molar-refractivity contribution >= 4 is 49.3 Å². The van der Waals surface area contributed by atoms with Gasteiger partial charge in [-0.2, -0.15) is 16.1 Å². The van der Waals surface area contributed by atoms with E-state index in [-0.39, 0.29) is 0 Å². The van der Waals surface area contributed by atoms with Crippen LogP contribution >= 0.6 is 39.2 Å². The molecule has 2 aromatic carbocycles. The van der Waals surface area contributed by atoms with Gasteiger partial charge in [-0.25, -0.2) is 0 Å². The van der Waals surface area contributed by atoms with Gasteiger partial charge in [0.15, 0.2) is 0 Å². The first kappa shape index (κ1) is 22.6. The number of halogens is 1. The van der Waals surface area contributed by atoms with Gasteiger partial charge in [0.1, 0.15) is 5.75 Å². The van der Waals surface area contributed by atoms with Crippen LogP contribution in [-0.4, -0.2) is 48.0 Å². The van der Waals surface area contributed by atoms with Gasteiger partial charge in [0.25, 0.3) is 0 Å². The fourth-order valence-electron chi connectivity index (χ4n) is 3.40. The van der Waals surface area contributed by atoms with E-state index < -0.39 is 0 Å². The molecule has 0 spiro atoms. The Morgan fingerprint density at radius 3 is 2.76 bits per heavy atom. The average Bonchev–Trinajstić information content (AvgIpc) is 3.20. The van der Waals surface area contributed by atoms with Gasteiger partial charge in [-0.05, 0) is 92.5 Å². The fraction of sp³-hybridized carbons (Fsp3) is 0.435. The van der Waals surface area contributed by atoms with Gasteiger partial charge in [-0.15, -0.1) is 0 Å². The van der Waals surface area contributed by atoms with Gasteiger partial charge >= 0.3 is 0 Å². The highest BCUT2D eigenvalue weighted by molar-refractivity contribution is 9.10. The molecule has 1 atom stereocenters. The van der Waals surface area contributed by atoms with Crippen LogP contribution in [-0.2, 0) is 0 Å². The lowest BCUT2D eigenvalue weighted by Gasteiger charge is -2.22. The number of hydrogen-bond donors (Lipinski definition) is 0. The number of benzene rings is 2. The normalized spacial score (nSPS) is 12.6. The van der Waals surface area contributed by atoms with Crippen LogP contribution in [0.15, 0.2) is 53.1 Å². The second kappa shape index (κ2) is 11.9. The summed E-state index contributed by atoms with van der Waals surface area (Å²) in [6, 6.07) is 15.1. The quantitative estimate of drug-likeness (QED) is 0.263. The molecule has 0 N–H and O–H groups in total. The molecule has 6 heteroatoms. The van der Waals surface area contributed by atoms with Crippen LogP contribution in [0.25, 0.3) is 10.1 Å². The van der Waals surface area contributed by atoms with Crippen molar-refractivity contribution in [3.63, 3.8) is 0 Å². The molecular formula is C23H29BrN2OS2. The van der Waals surface area contributed by atoms with E-state index in [2.05, 4.69) is 74.9 Å². The highest BCUT2D eigenvalue weighted by Gasteiger charge is 2.13. The Morgan fingerprint density at radius 2 is 1.97 bits per heavy atom. The Morgan fingerprint density at radius 1 is 1.14 bits per heavy atom. The summed E-state index contributed by atoms with van der Waals surface area (Å²) in [5, 5.41) is 1.18. The minimum absolute atomic E-state index is 0.562. The van der Waals surface area contributed by atoms with E-state index >= 15 is 0 Å². The summed E-state index contributed by atoms with van der Waals surface area (Å²) in [5.74, 6) is 2.70. The van der Waals surface area contributed by atoms with Gasteiger partial charge in [0.05, 0.1) is 11.3 Å². The zero-order valence-corrected chi connectivity index (χ0v) is 20.4. The number of rotatable bonds is 12.